The summed E-state index contributed by atoms with van der Waals surface area (Å²) in [6.07, 6.45) is 1.44. The molecule has 0 spiro atoms. The van der Waals surface area contributed by atoms with Crippen LogP contribution < -0.4 is 5.32 Å². The number of carbonyl (C=O) groups is 2. The van der Waals surface area contributed by atoms with Crippen LogP contribution in [-0.2, 0) is 17.8 Å². The number of benzene rings is 2. The molecule has 0 saturated carbocycles. The van der Waals surface area contributed by atoms with E-state index in [4.69, 9.17) is 4.42 Å². The molecule has 0 radical (unpaired) electrons. The zero-order valence-corrected chi connectivity index (χ0v) is 18.2. The SMILES string of the molecule is O=C(Cc1ccccc1)NCc1ccc(-c2nc(C(=O)N3CCC(CO)C(O)C3)co2)cc1. The predicted molar refractivity (Wildman–Crippen MR) is 121 cm³/mol. The van der Waals surface area contributed by atoms with Crippen LogP contribution in [-0.4, -0.2) is 57.7 Å². The van der Waals surface area contributed by atoms with Gasteiger partial charge < -0.3 is 24.8 Å². The summed E-state index contributed by atoms with van der Waals surface area (Å²) in [5.41, 5.74) is 2.79. The zero-order valence-electron chi connectivity index (χ0n) is 18.2. The molecule has 172 valence electrons. The minimum Gasteiger partial charge on any atom is -0.444 e. The largest absolute Gasteiger partial charge is 0.444 e. The van der Waals surface area contributed by atoms with Crippen molar-refractivity contribution >= 4 is 11.8 Å². The van der Waals surface area contributed by atoms with E-state index in [0.717, 1.165) is 11.1 Å². The molecule has 1 aromatic heterocycles. The number of amides is 2. The number of aliphatic hydroxyl groups excluding tert-OH is 2. The highest BCUT2D eigenvalue weighted by Gasteiger charge is 2.31. The van der Waals surface area contributed by atoms with Crippen molar-refractivity contribution in [3.8, 4) is 11.5 Å². The first-order valence-corrected chi connectivity index (χ1v) is 11.0. The van der Waals surface area contributed by atoms with Crippen LogP contribution in [0.5, 0.6) is 0 Å². The molecule has 4 rings (SSSR count). The lowest BCUT2D eigenvalue weighted by molar-refractivity contribution is -0.120. The smallest absolute Gasteiger partial charge is 0.275 e. The summed E-state index contributed by atoms with van der Waals surface area (Å²) < 4.78 is 5.51. The fourth-order valence-corrected chi connectivity index (χ4v) is 3.85. The quantitative estimate of drug-likeness (QED) is 0.508. The maximum Gasteiger partial charge on any atom is 0.275 e. The van der Waals surface area contributed by atoms with Gasteiger partial charge in [-0.25, -0.2) is 4.98 Å². The first kappa shape index (κ1) is 22.7. The lowest BCUT2D eigenvalue weighted by atomic mass is 9.94. The van der Waals surface area contributed by atoms with Crippen LogP contribution in [0.2, 0.25) is 0 Å². The Morgan fingerprint density at radius 2 is 1.85 bits per heavy atom. The number of β-amino-alcohol motifs (C(OH)–C–C–N with tert-alkyl or cyclic N) is 1. The molecule has 8 heteroatoms. The normalized spacial score (nSPS) is 18.2. The molecule has 8 nitrogen and oxygen atoms in total. The van der Waals surface area contributed by atoms with E-state index in [1.165, 1.54) is 11.2 Å². The standard InChI is InChI=1S/C25H27N3O5/c29-15-20-10-11-28(14-22(20)30)25(32)21-16-33-24(27-21)19-8-6-18(7-9-19)13-26-23(31)12-17-4-2-1-3-5-17/h1-9,16,20,22,29-30H,10-15H2,(H,26,31). The molecule has 2 heterocycles. The summed E-state index contributed by atoms with van der Waals surface area (Å²) in [6.45, 7) is 0.933. The van der Waals surface area contributed by atoms with Gasteiger partial charge in [-0.05, 0) is 29.7 Å². The van der Waals surface area contributed by atoms with Crippen LogP contribution in [0.1, 0.15) is 28.0 Å². The van der Waals surface area contributed by atoms with Crippen molar-refractivity contribution in [2.75, 3.05) is 19.7 Å². The average Bonchev–Trinajstić information content (AvgIpc) is 3.33. The van der Waals surface area contributed by atoms with Gasteiger partial charge in [0.25, 0.3) is 5.91 Å². The van der Waals surface area contributed by atoms with Crippen molar-refractivity contribution in [3.63, 3.8) is 0 Å². The number of carbonyl (C=O) groups excluding carboxylic acids is 2. The third-order valence-corrected chi connectivity index (χ3v) is 5.86. The Hall–Kier alpha value is -3.49. The fourth-order valence-electron chi connectivity index (χ4n) is 3.85. The van der Waals surface area contributed by atoms with Crippen molar-refractivity contribution in [3.05, 3.63) is 77.7 Å². The summed E-state index contributed by atoms with van der Waals surface area (Å²) in [4.78, 5) is 30.7. The topological polar surface area (TPSA) is 116 Å². The maximum absolute atomic E-state index is 12.7. The molecule has 2 unspecified atom stereocenters. The minimum atomic E-state index is -0.750. The summed E-state index contributed by atoms with van der Waals surface area (Å²) in [6, 6.07) is 17.0. The highest BCUT2D eigenvalue weighted by molar-refractivity contribution is 5.92. The van der Waals surface area contributed by atoms with E-state index >= 15 is 0 Å². The molecule has 3 aromatic rings. The van der Waals surface area contributed by atoms with Gasteiger partial charge in [0, 0.05) is 37.7 Å². The summed E-state index contributed by atoms with van der Waals surface area (Å²) >= 11 is 0. The Bertz CT molecular complexity index is 1080. The van der Waals surface area contributed by atoms with Crippen LogP contribution in [0.4, 0.5) is 0 Å². The summed E-state index contributed by atoms with van der Waals surface area (Å²) in [7, 11) is 0. The number of piperidine rings is 1. The molecule has 1 aliphatic heterocycles. The maximum atomic E-state index is 12.7. The molecular weight excluding hydrogens is 422 g/mol. The number of rotatable bonds is 7. The average molecular weight is 450 g/mol. The van der Waals surface area contributed by atoms with Gasteiger partial charge in [-0.2, -0.15) is 0 Å². The highest BCUT2D eigenvalue weighted by atomic mass is 16.3. The molecular formula is C25H27N3O5. The number of nitrogens with zero attached hydrogens (tertiary/aromatic N) is 2. The van der Waals surface area contributed by atoms with Gasteiger partial charge in [0.15, 0.2) is 5.69 Å². The predicted octanol–water partition coefficient (Wildman–Crippen LogP) is 2.02. The number of hydrogen-bond donors (Lipinski definition) is 3. The van der Waals surface area contributed by atoms with E-state index in [9.17, 15) is 19.8 Å². The van der Waals surface area contributed by atoms with E-state index in [1.807, 2.05) is 54.6 Å². The zero-order chi connectivity index (χ0) is 23.2. The van der Waals surface area contributed by atoms with Crippen molar-refractivity contribution in [2.45, 2.75) is 25.5 Å². The van der Waals surface area contributed by atoms with Gasteiger partial charge in [-0.15, -0.1) is 0 Å². The van der Waals surface area contributed by atoms with Gasteiger partial charge in [-0.3, -0.25) is 9.59 Å². The van der Waals surface area contributed by atoms with Gasteiger partial charge >= 0.3 is 0 Å². The molecule has 2 atom stereocenters. The van der Waals surface area contributed by atoms with Crippen molar-refractivity contribution in [1.29, 1.82) is 0 Å². The Morgan fingerprint density at radius 1 is 1.09 bits per heavy atom. The monoisotopic (exact) mass is 449 g/mol. The summed E-state index contributed by atoms with van der Waals surface area (Å²) in [5, 5.41) is 22.2. The Labute approximate surface area is 191 Å². The fraction of sp³-hybridized carbons (Fsp3) is 0.320. The van der Waals surface area contributed by atoms with Crippen LogP contribution in [0, 0.1) is 5.92 Å². The number of nitrogens with one attached hydrogen (secondary N) is 1. The molecule has 3 N–H and O–H groups in total. The van der Waals surface area contributed by atoms with E-state index in [-0.39, 0.29) is 36.6 Å². The number of aliphatic hydroxyl groups is 2. The Morgan fingerprint density at radius 3 is 2.55 bits per heavy atom. The second-order valence-electron chi connectivity index (χ2n) is 8.22. The molecule has 2 aromatic carbocycles. The van der Waals surface area contributed by atoms with E-state index in [0.29, 0.717) is 37.4 Å². The van der Waals surface area contributed by atoms with Crippen LogP contribution in [0.15, 0.2) is 65.3 Å². The van der Waals surface area contributed by atoms with Gasteiger partial charge in [0.05, 0.1) is 12.5 Å². The highest BCUT2D eigenvalue weighted by Crippen LogP contribution is 2.22. The van der Waals surface area contributed by atoms with Crippen molar-refractivity contribution in [2.24, 2.45) is 5.92 Å². The minimum absolute atomic E-state index is 0.0470. The third-order valence-electron chi connectivity index (χ3n) is 5.86. The molecule has 1 aliphatic rings. The molecule has 1 fully saturated rings. The van der Waals surface area contributed by atoms with Crippen molar-refractivity contribution in [1.82, 2.24) is 15.2 Å². The molecule has 1 saturated heterocycles. The van der Waals surface area contributed by atoms with Crippen LogP contribution in [0.3, 0.4) is 0 Å². The molecule has 2 amide bonds. The number of oxazole rings is 1. The lowest BCUT2D eigenvalue weighted by Crippen LogP contribution is -2.47. The van der Waals surface area contributed by atoms with Gasteiger partial charge in [0.2, 0.25) is 11.8 Å². The van der Waals surface area contributed by atoms with Gasteiger partial charge in [-0.1, -0.05) is 42.5 Å². The van der Waals surface area contributed by atoms with Crippen molar-refractivity contribution < 1.29 is 24.2 Å². The van der Waals surface area contributed by atoms with E-state index in [2.05, 4.69) is 10.3 Å². The number of hydrogen-bond acceptors (Lipinski definition) is 6. The first-order valence-electron chi connectivity index (χ1n) is 11.0. The third kappa shape index (κ3) is 5.66. The summed E-state index contributed by atoms with van der Waals surface area (Å²) in [5.74, 6) is -0.236. The molecule has 0 aliphatic carbocycles. The van der Waals surface area contributed by atoms with E-state index < -0.39 is 6.10 Å². The number of likely N-dealkylation sites (tertiary alicyclic amines) is 1. The molecule has 0 bridgehead atoms. The Kier molecular flexibility index (Phi) is 7.16. The Balaban J connectivity index is 1.32. The lowest BCUT2D eigenvalue weighted by Gasteiger charge is -2.34. The van der Waals surface area contributed by atoms with Crippen LogP contribution >= 0.6 is 0 Å². The van der Waals surface area contributed by atoms with Gasteiger partial charge in [0.1, 0.15) is 6.26 Å². The second-order valence-corrected chi connectivity index (χ2v) is 8.22. The first-order chi connectivity index (χ1) is 16.0. The van der Waals surface area contributed by atoms with E-state index in [1.54, 1.807) is 0 Å². The number of aromatic nitrogens is 1. The molecule has 33 heavy (non-hydrogen) atoms. The second kappa shape index (κ2) is 10.4. The van der Waals surface area contributed by atoms with Crippen LogP contribution in [0.25, 0.3) is 11.5 Å².